The van der Waals surface area contributed by atoms with Crippen LogP contribution in [0.4, 0.5) is 4.79 Å². The molecule has 7 heteroatoms. The molecule has 0 saturated heterocycles. The molecule has 0 unspecified atom stereocenters. The average Bonchev–Trinajstić information content (AvgIpc) is 2.52. The van der Waals surface area contributed by atoms with Gasteiger partial charge in [-0.3, -0.25) is 10.1 Å². The molecule has 0 bridgehead atoms. The Morgan fingerprint density at radius 1 is 1.09 bits per heavy atom. The molecule has 0 spiro atoms. The van der Waals surface area contributed by atoms with Crippen molar-refractivity contribution >= 4 is 18.0 Å². The predicted octanol–water partition coefficient (Wildman–Crippen LogP) is 2.15. The van der Waals surface area contributed by atoms with Crippen molar-refractivity contribution in [1.82, 2.24) is 5.32 Å². The number of rotatable bonds is 6. The molecule has 7 nitrogen and oxygen atoms in total. The van der Waals surface area contributed by atoms with Crippen LogP contribution in [0.1, 0.15) is 31.1 Å². The number of methoxy groups -OCH3 is 1. The van der Waals surface area contributed by atoms with Crippen LogP contribution in [0.15, 0.2) is 24.3 Å². The van der Waals surface area contributed by atoms with Crippen molar-refractivity contribution in [2.75, 3.05) is 13.7 Å². The molecule has 0 aromatic heterocycles. The van der Waals surface area contributed by atoms with E-state index < -0.39 is 24.1 Å². The first-order chi connectivity index (χ1) is 10.8. The van der Waals surface area contributed by atoms with Crippen LogP contribution in [0, 0.1) is 5.92 Å². The van der Waals surface area contributed by atoms with Gasteiger partial charge in [0.1, 0.15) is 5.75 Å². The molecule has 126 valence electrons. The molecular formula is C16H21NO6. The Hall–Kier alpha value is -2.57. The van der Waals surface area contributed by atoms with Gasteiger partial charge in [0.15, 0.2) is 6.10 Å². The Morgan fingerprint density at radius 3 is 2.22 bits per heavy atom. The summed E-state index contributed by atoms with van der Waals surface area (Å²) in [5.74, 6) is -0.393. The summed E-state index contributed by atoms with van der Waals surface area (Å²) in [7, 11) is 1.13. The Morgan fingerprint density at radius 2 is 1.70 bits per heavy atom. The molecule has 2 amide bonds. The summed E-state index contributed by atoms with van der Waals surface area (Å²) in [5, 5.41) is 1.93. The van der Waals surface area contributed by atoms with Gasteiger partial charge >= 0.3 is 12.1 Å². The average molecular weight is 323 g/mol. The minimum absolute atomic E-state index is 0.277. The van der Waals surface area contributed by atoms with E-state index in [1.807, 2.05) is 19.2 Å². The number of esters is 1. The van der Waals surface area contributed by atoms with Crippen LogP contribution in [0.25, 0.3) is 0 Å². The molecule has 1 rings (SSSR count). The summed E-state index contributed by atoms with van der Waals surface area (Å²) in [6.45, 7) is 6.00. The Kier molecular flexibility index (Phi) is 7.05. The van der Waals surface area contributed by atoms with Crippen molar-refractivity contribution in [2.24, 2.45) is 5.92 Å². The number of carbonyl (C=O) groups is 3. The lowest BCUT2D eigenvalue weighted by Gasteiger charge is -2.13. The van der Waals surface area contributed by atoms with Gasteiger partial charge in [-0.15, -0.1) is 0 Å². The monoisotopic (exact) mass is 323 g/mol. The third-order valence-electron chi connectivity index (χ3n) is 2.74. The van der Waals surface area contributed by atoms with Crippen LogP contribution < -0.4 is 10.1 Å². The largest absolute Gasteiger partial charge is 0.493 e. The van der Waals surface area contributed by atoms with Crippen molar-refractivity contribution in [2.45, 2.75) is 26.9 Å². The van der Waals surface area contributed by atoms with E-state index in [-0.39, 0.29) is 5.56 Å². The summed E-state index contributed by atoms with van der Waals surface area (Å²) in [6, 6.07) is 6.39. The summed E-state index contributed by atoms with van der Waals surface area (Å²) < 4.78 is 14.8. The van der Waals surface area contributed by atoms with Crippen LogP contribution in [0.3, 0.4) is 0 Å². The first-order valence-corrected chi connectivity index (χ1v) is 7.16. The van der Waals surface area contributed by atoms with Crippen LogP contribution in [-0.4, -0.2) is 37.8 Å². The van der Waals surface area contributed by atoms with Gasteiger partial charge in [0.2, 0.25) is 0 Å². The van der Waals surface area contributed by atoms with Crippen LogP contribution in [0.2, 0.25) is 0 Å². The summed E-state index contributed by atoms with van der Waals surface area (Å²) in [5.41, 5.74) is 0.277. The molecule has 1 aromatic rings. The highest BCUT2D eigenvalue weighted by Gasteiger charge is 2.21. The quantitative estimate of drug-likeness (QED) is 0.807. The van der Waals surface area contributed by atoms with E-state index >= 15 is 0 Å². The van der Waals surface area contributed by atoms with Crippen LogP contribution in [-0.2, 0) is 14.3 Å². The van der Waals surface area contributed by atoms with E-state index in [0.29, 0.717) is 18.3 Å². The fourth-order valence-corrected chi connectivity index (χ4v) is 1.49. The summed E-state index contributed by atoms with van der Waals surface area (Å²) >= 11 is 0. The van der Waals surface area contributed by atoms with E-state index in [1.54, 1.807) is 24.3 Å². The van der Waals surface area contributed by atoms with Gasteiger partial charge in [-0.2, -0.15) is 0 Å². The molecule has 23 heavy (non-hydrogen) atoms. The summed E-state index contributed by atoms with van der Waals surface area (Å²) in [6.07, 6.45) is -2.04. The van der Waals surface area contributed by atoms with Gasteiger partial charge in [0.05, 0.1) is 19.3 Å². The highest BCUT2D eigenvalue weighted by molar-refractivity contribution is 5.97. The number of imide groups is 1. The van der Waals surface area contributed by atoms with Crippen molar-refractivity contribution in [3.8, 4) is 5.75 Å². The lowest BCUT2D eigenvalue weighted by Crippen LogP contribution is -2.39. The molecule has 1 N–H and O–H groups in total. The molecular weight excluding hydrogens is 302 g/mol. The van der Waals surface area contributed by atoms with Crippen LogP contribution >= 0.6 is 0 Å². The highest BCUT2D eigenvalue weighted by Crippen LogP contribution is 2.14. The highest BCUT2D eigenvalue weighted by atomic mass is 16.6. The van der Waals surface area contributed by atoms with E-state index in [1.165, 1.54) is 6.92 Å². The standard InChI is InChI=1S/C16H21NO6/c1-10(2)9-22-13-7-5-12(6-8-13)15(19)23-11(3)14(18)17-16(20)21-4/h5-8,10-11H,9H2,1-4H3,(H,17,18,20)/t11-/m0/s1. The Labute approximate surface area is 134 Å². The third-order valence-corrected chi connectivity index (χ3v) is 2.74. The zero-order valence-corrected chi connectivity index (χ0v) is 13.6. The number of ether oxygens (including phenoxy) is 3. The molecule has 0 saturated carbocycles. The lowest BCUT2D eigenvalue weighted by atomic mass is 10.2. The maximum Gasteiger partial charge on any atom is 0.413 e. The van der Waals surface area contributed by atoms with E-state index in [0.717, 1.165) is 7.11 Å². The molecule has 1 aromatic carbocycles. The number of alkyl carbamates (subject to hydrolysis) is 1. The molecule has 0 fully saturated rings. The molecule has 0 radical (unpaired) electrons. The second kappa shape index (κ2) is 8.77. The number of hydrogen-bond acceptors (Lipinski definition) is 6. The maximum atomic E-state index is 11.9. The number of hydrogen-bond donors (Lipinski definition) is 1. The molecule has 0 aliphatic rings. The van der Waals surface area contributed by atoms with Crippen molar-refractivity contribution in [3.63, 3.8) is 0 Å². The van der Waals surface area contributed by atoms with Crippen molar-refractivity contribution < 1.29 is 28.6 Å². The Balaban J connectivity index is 2.57. The normalized spacial score (nSPS) is 11.5. The number of amides is 2. The minimum atomic E-state index is -1.13. The lowest BCUT2D eigenvalue weighted by molar-refractivity contribution is -0.128. The number of carbonyl (C=O) groups excluding carboxylic acids is 3. The SMILES string of the molecule is COC(=O)NC(=O)[C@H](C)OC(=O)c1ccc(OCC(C)C)cc1. The number of nitrogens with one attached hydrogen (secondary N) is 1. The molecule has 1 atom stereocenters. The predicted molar refractivity (Wildman–Crippen MR) is 82.2 cm³/mol. The smallest absolute Gasteiger partial charge is 0.413 e. The van der Waals surface area contributed by atoms with Gasteiger partial charge in [-0.25, -0.2) is 9.59 Å². The number of benzene rings is 1. The first kappa shape index (κ1) is 18.5. The zero-order chi connectivity index (χ0) is 17.4. The van der Waals surface area contributed by atoms with Gasteiger partial charge in [-0.05, 0) is 37.1 Å². The van der Waals surface area contributed by atoms with Gasteiger partial charge in [0, 0.05) is 0 Å². The van der Waals surface area contributed by atoms with Gasteiger partial charge in [-0.1, -0.05) is 13.8 Å². The van der Waals surface area contributed by atoms with E-state index in [9.17, 15) is 14.4 Å². The third kappa shape index (κ3) is 6.37. The van der Waals surface area contributed by atoms with Crippen molar-refractivity contribution in [1.29, 1.82) is 0 Å². The molecule has 0 heterocycles. The van der Waals surface area contributed by atoms with Crippen molar-refractivity contribution in [3.05, 3.63) is 29.8 Å². The maximum absolute atomic E-state index is 11.9. The topological polar surface area (TPSA) is 90.9 Å². The second-order valence-electron chi connectivity index (χ2n) is 5.26. The van der Waals surface area contributed by atoms with E-state index in [4.69, 9.17) is 9.47 Å². The fraction of sp³-hybridized carbons (Fsp3) is 0.438. The zero-order valence-electron chi connectivity index (χ0n) is 13.6. The molecule has 0 aliphatic carbocycles. The van der Waals surface area contributed by atoms with Gasteiger partial charge < -0.3 is 14.2 Å². The minimum Gasteiger partial charge on any atom is -0.493 e. The fourth-order valence-electron chi connectivity index (χ4n) is 1.49. The van der Waals surface area contributed by atoms with Crippen LogP contribution in [0.5, 0.6) is 5.75 Å². The Bertz CT molecular complexity index is 552. The van der Waals surface area contributed by atoms with E-state index in [2.05, 4.69) is 4.74 Å². The van der Waals surface area contributed by atoms with Gasteiger partial charge in [0.25, 0.3) is 5.91 Å². The summed E-state index contributed by atoms with van der Waals surface area (Å²) in [4.78, 5) is 34.4. The first-order valence-electron chi connectivity index (χ1n) is 7.16. The second-order valence-corrected chi connectivity index (χ2v) is 5.26. The molecule has 0 aliphatic heterocycles.